The summed E-state index contributed by atoms with van der Waals surface area (Å²) in [6.07, 6.45) is 3.35. The number of rotatable bonds is 1. The van der Waals surface area contributed by atoms with Crippen LogP contribution >= 0.6 is 24.8 Å². The molecule has 0 atom stereocenters. The van der Waals surface area contributed by atoms with Crippen molar-refractivity contribution >= 4 is 36.1 Å². The molecule has 0 aliphatic heterocycles. The van der Waals surface area contributed by atoms with Crippen molar-refractivity contribution in [1.29, 1.82) is 0 Å². The summed E-state index contributed by atoms with van der Waals surface area (Å²) >= 11 is 0. The fraction of sp³-hybridized carbons (Fsp3) is 0.150. The molecular weight excluding hydrogens is 373 g/mol. The molecular formula is C20H23Cl2NTi. The first-order valence-corrected chi connectivity index (χ1v) is 7.13. The van der Waals surface area contributed by atoms with Gasteiger partial charge < -0.3 is 5.73 Å². The van der Waals surface area contributed by atoms with Crippen LogP contribution in [0.3, 0.4) is 0 Å². The number of allylic oxidation sites excluding steroid dienone is 4. The van der Waals surface area contributed by atoms with Crippen molar-refractivity contribution < 1.29 is 21.7 Å². The Balaban J connectivity index is 0. The van der Waals surface area contributed by atoms with Crippen LogP contribution in [0.1, 0.15) is 31.4 Å². The molecule has 0 bridgehead atoms. The smallest absolute Gasteiger partial charge is 0.699 e. The number of hydrogen-bond acceptors (Lipinski definition) is 0. The molecule has 0 saturated carbocycles. The second-order valence-corrected chi connectivity index (χ2v) is 5.35. The van der Waals surface area contributed by atoms with E-state index in [9.17, 15) is 0 Å². The van der Waals surface area contributed by atoms with E-state index in [-0.39, 0.29) is 46.5 Å². The van der Waals surface area contributed by atoms with Crippen LogP contribution in [0.5, 0.6) is 0 Å². The molecule has 2 aromatic rings. The molecule has 2 aromatic carbocycles. The van der Waals surface area contributed by atoms with E-state index >= 15 is 0 Å². The first-order valence-electron chi connectivity index (χ1n) is 7.13. The standard InChI is InChI=1S/C14H15.C6H6N.2ClH.Ti/c1-10-8-12(3)14(9-10)13-7-5-4-6-11(13)2;7-6-4-2-1-3-5-6;;;/h4-8H,2,9H2,1,3H3;1-5,7H;2*1H;/q2*-1;;;+2. The molecule has 0 aromatic heterocycles. The van der Waals surface area contributed by atoms with Gasteiger partial charge in [-0.1, -0.05) is 59.2 Å². The van der Waals surface area contributed by atoms with Crippen LogP contribution in [0.4, 0.5) is 5.69 Å². The van der Waals surface area contributed by atoms with Crippen LogP contribution in [0.15, 0.2) is 71.8 Å². The van der Waals surface area contributed by atoms with Crippen molar-refractivity contribution in [3.63, 3.8) is 0 Å². The van der Waals surface area contributed by atoms with Crippen molar-refractivity contribution in [3.8, 4) is 0 Å². The largest absolute Gasteiger partial charge is 2.00 e. The molecule has 0 radical (unpaired) electrons. The van der Waals surface area contributed by atoms with Gasteiger partial charge in [0.15, 0.2) is 0 Å². The van der Waals surface area contributed by atoms with Crippen LogP contribution in [0.2, 0.25) is 0 Å². The molecule has 0 saturated heterocycles. The van der Waals surface area contributed by atoms with Gasteiger partial charge >= 0.3 is 21.7 Å². The number of benzene rings is 2. The third kappa shape index (κ3) is 7.19. The average Bonchev–Trinajstić information content (AvgIpc) is 2.80. The summed E-state index contributed by atoms with van der Waals surface area (Å²) in [5, 5.41) is 0. The van der Waals surface area contributed by atoms with Gasteiger partial charge in [0, 0.05) is 0 Å². The van der Waals surface area contributed by atoms with Crippen molar-refractivity contribution in [3.05, 3.63) is 95.6 Å². The monoisotopic (exact) mass is 395 g/mol. The van der Waals surface area contributed by atoms with Gasteiger partial charge in [0.1, 0.15) is 0 Å². The molecule has 24 heavy (non-hydrogen) atoms. The molecule has 0 heterocycles. The molecule has 0 spiro atoms. The SMILES string of the molecule is Cl.Cl.[CH2-]c1ccccc1C1=C(C)C=C(C)C1.[NH-]c1ccccc1.[Ti+2]. The Morgan fingerprint density at radius 3 is 1.83 bits per heavy atom. The molecule has 3 rings (SSSR count). The Bertz CT molecular complexity index is 679. The molecule has 1 N–H and O–H groups in total. The topological polar surface area (TPSA) is 23.8 Å². The van der Waals surface area contributed by atoms with Crippen molar-refractivity contribution in [1.82, 2.24) is 0 Å². The molecule has 4 heteroatoms. The van der Waals surface area contributed by atoms with E-state index in [1.165, 1.54) is 22.3 Å². The van der Waals surface area contributed by atoms with Crippen LogP contribution in [-0.2, 0) is 21.7 Å². The van der Waals surface area contributed by atoms with Crippen molar-refractivity contribution in [2.45, 2.75) is 20.3 Å². The maximum atomic E-state index is 7.00. The van der Waals surface area contributed by atoms with Gasteiger partial charge in [0.25, 0.3) is 0 Å². The zero-order valence-corrected chi connectivity index (χ0v) is 17.2. The maximum Gasteiger partial charge on any atom is 2.00 e. The van der Waals surface area contributed by atoms with Gasteiger partial charge in [-0.15, -0.1) is 48.2 Å². The fourth-order valence-corrected chi connectivity index (χ4v) is 2.49. The molecule has 1 aliphatic carbocycles. The van der Waals surface area contributed by atoms with Gasteiger partial charge in [0.2, 0.25) is 0 Å². The number of nitrogens with one attached hydrogen (secondary N) is 1. The van der Waals surface area contributed by atoms with E-state index in [0.29, 0.717) is 5.69 Å². The summed E-state index contributed by atoms with van der Waals surface area (Å²) < 4.78 is 0. The summed E-state index contributed by atoms with van der Waals surface area (Å²) in [5.74, 6) is 0. The van der Waals surface area contributed by atoms with Crippen LogP contribution in [0, 0.1) is 6.92 Å². The minimum Gasteiger partial charge on any atom is -0.699 e. The Morgan fingerprint density at radius 1 is 0.875 bits per heavy atom. The predicted molar refractivity (Wildman–Crippen MR) is 107 cm³/mol. The molecule has 1 aliphatic rings. The molecule has 0 amide bonds. The number of hydrogen-bond donors (Lipinski definition) is 0. The van der Waals surface area contributed by atoms with Gasteiger partial charge in [-0.25, -0.2) is 0 Å². The maximum absolute atomic E-state index is 7.00. The van der Waals surface area contributed by atoms with E-state index in [1.54, 1.807) is 12.1 Å². The van der Waals surface area contributed by atoms with Crippen LogP contribution in [0.25, 0.3) is 11.3 Å². The first-order chi connectivity index (χ1) is 10.1. The Labute approximate surface area is 173 Å². The summed E-state index contributed by atoms with van der Waals surface area (Å²) in [5.41, 5.74) is 14.3. The third-order valence-electron chi connectivity index (χ3n) is 3.51. The van der Waals surface area contributed by atoms with Gasteiger partial charge in [-0.05, 0) is 20.3 Å². The second-order valence-electron chi connectivity index (χ2n) is 5.35. The summed E-state index contributed by atoms with van der Waals surface area (Å²) in [7, 11) is 0. The molecule has 0 unspecified atom stereocenters. The quantitative estimate of drug-likeness (QED) is 0.360. The van der Waals surface area contributed by atoms with E-state index in [1.807, 2.05) is 24.3 Å². The minimum atomic E-state index is 0. The van der Waals surface area contributed by atoms with Crippen molar-refractivity contribution in [2.24, 2.45) is 0 Å². The van der Waals surface area contributed by atoms with Crippen molar-refractivity contribution in [2.75, 3.05) is 0 Å². The first kappa shape index (κ1) is 25.1. The van der Waals surface area contributed by atoms with Crippen LogP contribution in [-0.4, -0.2) is 0 Å². The Hall–Kier alpha value is -1.12. The summed E-state index contributed by atoms with van der Waals surface area (Å²) in [4.78, 5) is 0. The molecule has 1 nitrogen and oxygen atoms in total. The zero-order valence-electron chi connectivity index (χ0n) is 14.0. The number of halogens is 2. The van der Waals surface area contributed by atoms with Gasteiger partial charge in [-0.3, -0.25) is 0 Å². The van der Waals surface area contributed by atoms with Crippen LogP contribution < -0.4 is 0 Å². The summed E-state index contributed by atoms with van der Waals surface area (Å²) in [6.45, 7) is 8.43. The average molecular weight is 396 g/mol. The van der Waals surface area contributed by atoms with Gasteiger partial charge in [-0.2, -0.15) is 18.6 Å². The summed E-state index contributed by atoms with van der Waals surface area (Å²) in [6, 6.07) is 17.5. The fourth-order valence-electron chi connectivity index (χ4n) is 2.49. The normalized spacial score (nSPS) is 11.8. The second kappa shape index (κ2) is 12.3. The van der Waals surface area contributed by atoms with E-state index in [4.69, 9.17) is 5.73 Å². The van der Waals surface area contributed by atoms with E-state index in [2.05, 4.69) is 45.0 Å². The molecule has 0 fully saturated rings. The van der Waals surface area contributed by atoms with E-state index < -0.39 is 0 Å². The Kier molecular flexibility index (Phi) is 12.9. The third-order valence-corrected chi connectivity index (χ3v) is 3.51. The predicted octanol–water partition coefficient (Wildman–Crippen LogP) is 7.20. The minimum absolute atomic E-state index is 0. The Morgan fingerprint density at radius 2 is 1.42 bits per heavy atom. The molecule has 126 valence electrons. The van der Waals surface area contributed by atoms with Gasteiger partial charge in [0.05, 0.1) is 0 Å². The zero-order chi connectivity index (χ0) is 15.2. The van der Waals surface area contributed by atoms with E-state index in [0.717, 1.165) is 12.0 Å².